The number of hydrogen-bond donors (Lipinski definition) is 0. The van der Waals surface area contributed by atoms with Crippen LogP contribution in [-0.4, -0.2) is 14.7 Å². The fourth-order valence-corrected chi connectivity index (χ4v) is 6.13. The van der Waals surface area contributed by atoms with Gasteiger partial charge in [0.05, 0.1) is 10.2 Å². The smallest absolute Gasteiger partial charge is 0.169 e. The first kappa shape index (κ1) is 20.5. The number of benzene rings is 3. The Morgan fingerprint density at radius 2 is 1.41 bits per heavy atom. The molecule has 0 atom stereocenters. The predicted molar refractivity (Wildman–Crippen MR) is 129 cm³/mol. The zero-order valence-electron chi connectivity index (χ0n) is 16.9. The SMILES string of the molecule is CC(C)(C)[SiH2]OC(c1ccccc1)(c1ccccc1)c1ccc2nc(Br)sc2c1. The van der Waals surface area contributed by atoms with Gasteiger partial charge in [-0.05, 0) is 49.8 Å². The summed E-state index contributed by atoms with van der Waals surface area (Å²) in [7, 11) is -0.854. The molecule has 0 saturated heterocycles. The van der Waals surface area contributed by atoms with Crippen LogP contribution < -0.4 is 0 Å². The van der Waals surface area contributed by atoms with Gasteiger partial charge in [-0.3, -0.25) is 0 Å². The average molecular weight is 483 g/mol. The zero-order chi connectivity index (χ0) is 20.5. The monoisotopic (exact) mass is 481 g/mol. The number of nitrogens with zero attached hydrogens (tertiary/aromatic N) is 1. The van der Waals surface area contributed by atoms with Gasteiger partial charge in [-0.2, -0.15) is 0 Å². The summed E-state index contributed by atoms with van der Waals surface area (Å²) >= 11 is 5.19. The highest BCUT2D eigenvalue weighted by Gasteiger charge is 2.38. The van der Waals surface area contributed by atoms with E-state index in [0.29, 0.717) is 0 Å². The second-order valence-corrected chi connectivity index (χ2v) is 13.4. The van der Waals surface area contributed by atoms with Gasteiger partial charge >= 0.3 is 0 Å². The highest BCUT2D eigenvalue weighted by Crippen LogP contribution is 2.43. The quantitative estimate of drug-likeness (QED) is 0.234. The average Bonchev–Trinajstić information content (AvgIpc) is 3.09. The Labute approximate surface area is 187 Å². The van der Waals surface area contributed by atoms with Gasteiger partial charge in [0, 0.05) is 0 Å². The van der Waals surface area contributed by atoms with Gasteiger partial charge in [0.1, 0.15) is 5.60 Å². The molecule has 0 saturated carbocycles. The van der Waals surface area contributed by atoms with E-state index >= 15 is 0 Å². The normalized spacial score (nSPS) is 12.8. The van der Waals surface area contributed by atoms with E-state index in [4.69, 9.17) is 4.43 Å². The van der Waals surface area contributed by atoms with Crippen LogP contribution in [0.25, 0.3) is 10.2 Å². The number of aromatic nitrogens is 1. The first-order valence-corrected chi connectivity index (χ1v) is 12.6. The lowest BCUT2D eigenvalue weighted by Gasteiger charge is -2.38. The number of fused-ring (bicyclic) bond motifs is 1. The van der Waals surface area contributed by atoms with E-state index in [9.17, 15) is 0 Å². The molecule has 148 valence electrons. The van der Waals surface area contributed by atoms with Crippen LogP contribution in [0, 0.1) is 0 Å². The molecule has 0 aliphatic carbocycles. The number of hydrogen-bond acceptors (Lipinski definition) is 3. The molecule has 3 aromatic carbocycles. The molecule has 0 unspecified atom stereocenters. The van der Waals surface area contributed by atoms with Crippen LogP contribution in [0.2, 0.25) is 5.04 Å². The fraction of sp³-hybridized carbons (Fsp3) is 0.208. The highest BCUT2D eigenvalue weighted by atomic mass is 79.9. The molecule has 0 amide bonds. The molecule has 0 N–H and O–H groups in total. The van der Waals surface area contributed by atoms with Crippen LogP contribution >= 0.6 is 27.3 Å². The summed E-state index contributed by atoms with van der Waals surface area (Å²) < 4.78 is 9.08. The Hall–Kier alpha value is -1.79. The minimum atomic E-state index is -0.854. The molecule has 0 fully saturated rings. The Kier molecular flexibility index (Phi) is 5.75. The van der Waals surface area contributed by atoms with Gasteiger partial charge in [0.2, 0.25) is 0 Å². The summed E-state index contributed by atoms with van der Waals surface area (Å²) in [6.45, 7) is 6.80. The van der Waals surface area contributed by atoms with Crippen LogP contribution in [-0.2, 0) is 10.0 Å². The summed E-state index contributed by atoms with van der Waals surface area (Å²) in [5, 5.41) is 0.173. The van der Waals surface area contributed by atoms with Crippen molar-refractivity contribution < 1.29 is 4.43 Å². The van der Waals surface area contributed by atoms with Crippen molar-refractivity contribution in [3.8, 4) is 0 Å². The van der Waals surface area contributed by atoms with Crippen LogP contribution in [0.4, 0.5) is 0 Å². The van der Waals surface area contributed by atoms with Gasteiger partial charge in [-0.1, -0.05) is 87.5 Å². The molecule has 0 radical (unpaired) electrons. The molecule has 2 nitrogen and oxygen atoms in total. The van der Waals surface area contributed by atoms with Crippen LogP contribution in [0.5, 0.6) is 0 Å². The first-order chi connectivity index (χ1) is 13.9. The molecule has 4 rings (SSSR count). The van der Waals surface area contributed by atoms with Gasteiger partial charge < -0.3 is 4.43 Å². The van der Waals surface area contributed by atoms with Crippen molar-refractivity contribution in [3.63, 3.8) is 0 Å². The van der Waals surface area contributed by atoms with E-state index in [0.717, 1.165) is 30.8 Å². The van der Waals surface area contributed by atoms with Crippen molar-refractivity contribution in [2.24, 2.45) is 0 Å². The lowest BCUT2D eigenvalue weighted by atomic mass is 9.80. The third-order valence-corrected chi connectivity index (χ3v) is 7.76. The summed E-state index contributed by atoms with van der Waals surface area (Å²) in [5.41, 5.74) is 3.84. The van der Waals surface area contributed by atoms with E-state index in [1.165, 1.54) is 0 Å². The van der Waals surface area contributed by atoms with Crippen LogP contribution in [0.3, 0.4) is 0 Å². The van der Waals surface area contributed by atoms with Crippen molar-refractivity contribution in [2.75, 3.05) is 0 Å². The van der Waals surface area contributed by atoms with Gasteiger partial charge in [0.15, 0.2) is 13.7 Å². The van der Waals surface area contributed by atoms with Crippen molar-refractivity contribution in [2.45, 2.75) is 31.4 Å². The Morgan fingerprint density at radius 3 is 1.97 bits per heavy atom. The lowest BCUT2D eigenvalue weighted by Crippen LogP contribution is -2.36. The van der Waals surface area contributed by atoms with Crippen molar-refractivity contribution in [1.29, 1.82) is 0 Å². The standard InChI is InChI=1S/C24H24BrNOSSi/c1-23(2,3)29-27-24(17-10-6-4-7-11-17,18-12-8-5-9-13-18)19-14-15-20-21(16-19)28-22(25)26-20/h4-16H,29H2,1-3H3. The molecule has 4 aromatic rings. The molecule has 5 heteroatoms. The molecule has 0 bridgehead atoms. The third-order valence-electron chi connectivity index (χ3n) is 4.85. The van der Waals surface area contributed by atoms with Crippen molar-refractivity contribution >= 4 is 47.2 Å². The Morgan fingerprint density at radius 1 is 0.828 bits per heavy atom. The Balaban J connectivity index is 1.99. The third kappa shape index (κ3) is 4.24. The van der Waals surface area contributed by atoms with E-state index in [1.54, 1.807) is 11.3 Å². The minimum absolute atomic E-state index is 0.173. The van der Waals surface area contributed by atoms with Gasteiger partial charge in [-0.25, -0.2) is 4.98 Å². The molecular weight excluding hydrogens is 458 g/mol. The predicted octanol–water partition coefficient (Wildman–Crippen LogP) is 6.67. The molecule has 1 aromatic heterocycles. The Bertz CT molecular complexity index is 1070. The maximum Gasteiger partial charge on any atom is 0.169 e. The fourth-order valence-electron chi connectivity index (χ4n) is 3.54. The van der Waals surface area contributed by atoms with Crippen molar-refractivity contribution in [3.05, 3.63) is 99.5 Å². The van der Waals surface area contributed by atoms with Crippen LogP contribution in [0.15, 0.2) is 82.8 Å². The maximum absolute atomic E-state index is 7.02. The molecule has 1 heterocycles. The van der Waals surface area contributed by atoms with E-state index in [-0.39, 0.29) is 5.04 Å². The summed E-state index contributed by atoms with van der Waals surface area (Å²) in [6, 6.07) is 27.7. The van der Waals surface area contributed by atoms with Crippen molar-refractivity contribution in [1.82, 2.24) is 4.98 Å². The van der Waals surface area contributed by atoms with Gasteiger partial charge in [-0.15, -0.1) is 11.3 Å². The topological polar surface area (TPSA) is 22.1 Å². The zero-order valence-corrected chi connectivity index (χ0v) is 20.7. The lowest BCUT2D eigenvalue weighted by molar-refractivity contribution is 0.157. The van der Waals surface area contributed by atoms with E-state index in [2.05, 4.69) is 121 Å². The van der Waals surface area contributed by atoms with E-state index < -0.39 is 15.4 Å². The molecule has 0 spiro atoms. The number of thiazole rings is 1. The molecule has 29 heavy (non-hydrogen) atoms. The largest absolute Gasteiger partial charge is 0.406 e. The van der Waals surface area contributed by atoms with Crippen LogP contribution in [0.1, 0.15) is 37.5 Å². The summed E-state index contributed by atoms with van der Waals surface area (Å²) in [6.07, 6.45) is 0. The highest BCUT2D eigenvalue weighted by molar-refractivity contribution is 9.11. The maximum atomic E-state index is 7.02. The molecule has 0 aliphatic rings. The second-order valence-electron chi connectivity index (χ2n) is 8.41. The molecule has 0 aliphatic heterocycles. The summed E-state index contributed by atoms with van der Waals surface area (Å²) in [5.74, 6) is 0. The summed E-state index contributed by atoms with van der Waals surface area (Å²) in [4.78, 5) is 4.57. The van der Waals surface area contributed by atoms with Gasteiger partial charge in [0.25, 0.3) is 0 Å². The second kappa shape index (κ2) is 8.15. The van der Waals surface area contributed by atoms with E-state index in [1.807, 2.05) is 0 Å². The minimum Gasteiger partial charge on any atom is -0.406 e. The number of rotatable bonds is 5. The first-order valence-electron chi connectivity index (χ1n) is 9.70. The molecular formula is C24H24BrNOSSi. The number of halogens is 1.